The van der Waals surface area contributed by atoms with Gasteiger partial charge in [0.15, 0.2) is 0 Å². The molecule has 0 bridgehead atoms. The third-order valence-corrected chi connectivity index (χ3v) is 7.91. The van der Waals surface area contributed by atoms with Gasteiger partial charge in [-0.25, -0.2) is 4.79 Å². The number of nitrogens with zero attached hydrogens (tertiary/aromatic N) is 2. The molecule has 0 spiro atoms. The summed E-state index contributed by atoms with van der Waals surface area (Å²) in [4.78, 5) is 94.3. The first-order valence-corrected chi connectivity index (χ1v) is 16.4. The Hall–Kier alpha value is -4.49. The quantitative estimate of drug-likeness (QED) is 0.216. The van der Waals surface area contributed by atoms with E-state index in [1.165, 1.54) is 9.80 Å². The van der Waals surface area contributed by atoms with Gasteiger partial charge in [-0.1, -0.05) is 64.4 Å². The van der Waals surface area contributed by atoms with Crippen molar-refractivity contribution in [3.8, 4) is 0 Å². The minimum atomic E-state index is -1.21. The van der Waals surface area contributed by atoms with Crippen LogP contribution >= 0.6 is 0 Å². The number of hydrogen-bond donors (Lipinski definition) is 4. The van der Waals surface area contributed by atoms with Gasteiger partial charge in [-0.05, 0) is 51.0 Å². The molecule has 1 heterocycles. The average Bonchev–Trinajstić information content (AvgIpc) is 3.40. The van der Waals surface area contributed by atoms with Gasteiger partial charge in [0.05, 0.1) is 18.7 Å². The maximum absolute atomic E-state index is 13.9. The number of ether oxygens (including phenoxy) is 1. The van der Waals surface area contributed by atoms with Crippen LogP contribution in [0.5, 0.6) is 0 Å². The molecule has 1 aromatic rings. The van der Waals surface area contributed by atoms with E-state index in [0.717, 1.165) is 0 Å². The Kier molecular flexibility index (Phi) is 14.6. The summed E-state index contributed by atoms with van der Waals surface area (Å²) in [5.41, 5.74) is -0.172. The van der Waals surface area contributed by atoms with Crippen LogP contribution in [0.4, 0.5) is 4.79 Å². The van der Waals surface area contributed by atoms with E-state index in [0.29, 0.717) is 24.8 Å². The lowest BCUT2D eigenvalue weighted by Crippen LogP contribution is -2.60. The number of benzene rings is 1. The van der Waals surface area contributed by atoms with Gasteiger partial charge < -0.3 is 35.8 Å². The SMILES string of the molecule is CCCC(NC(=O)[C@@H]1CCC(C)N1C(=O)[C@@H](NC(=O)OC(C)C)C(C)(C)C)C(=O)C(=O)NCC(=O)N[C@H](C(=O)N(C)C)c1ccccc1. The number of likely N-dealkylation sites (N-methyl/N-ethyl adjacent to an activating group) is 1. The monoisotopic (exact) mass is 672 g/mol. The van der Waals surface area contributed by atoms with Crippen molar-refractivity contribution in [2.75, 3.05) is 20.6 Å². The molecule has 0 aliphatic carbocycles. The normalized spacial score (nSPS) is 17.8. The minimum Gasteiger partial charge on any atom is -0.447 e. The van der Waals surface area contributed by atoms with Crippen LogP contribution in [0.25, 0.3) is 0 Å². The molecule has 1 saturated heterocycles. The predicted molar refractivity (Wildman–Crippen MR) is 178 cm³/mol. The molecule has 1 aromatic carbocycles. The summed E-state index contributed by atoms with van der Waals surface area (Å²) in [5.74, 6) is -4.15. The lowest BCUT2D eigenvalue weighted by molar-refractivity contribution is -0.145. The second-order valence-electron chi connectivity index (χ2n) is 13.6. The Morgan fingerprint density at radius 1 is 0.958 bits per heavy atom. The van der Waals surface area contributed by atoms with Crippen molar-refractivity contribution in [1.29, 1.82) is 0 Å². The number of carbonyl (C=O) groups excluding carboxylic acids is 7. The summed E-state index contributed by atoms with van der Waals surface area (Å²) in [6.45, 7) is 11.8. The van der Waals surface area contributed by atoms with Crippen molar-refractivity contribution in [1.82, 2.24) is 31.1 Å². The zero-order valence-electron chi connectivity index (χ0n) is 29.5. The zero-order valence-corrected chi connectivity index (χ0v) is 29.5. The highest BCUT2D eigenvalue weighted by Crippen LogP contribution is 2.29. The van der Waals surface area contributed by atoms with E-state index in [-0.39, 0.29) is 18.4 Å². The molecule has 2 unspecified atom stereocenters. The fraction of sp³-hybridized carbons (Fsp3) is 0.618. The molecule has 0 saturated carbocycles. The Balaban J connectivity index is 2.13. The Morgan fingerprint density at radius 2 is 1.58 bits per heavy atom. The van der Waals surface area contributed by atoms with Gasteiger partial charge >= 0.3 is 6.09 Å². The number of rotatable bonds is 14. The van der Waals surface area contributed by atoms with Crippen LogP contribution in [0, 0.1) is 5.41 Å². The number of carbonyl (C=O) groups is 7. The van der Waals surface area contributed by atoms with E-state index >= 15 is 0 Å². The molecule has 5 atom stereocenters. The molecule has 1 aliphatic heterocycles. The van der Waals surface area contributed by atoms with Crippen molar-refractivity contribution in [3.05, 3.63) is 35.9 Å². The first-order chi connectivity index (χ1) is 22.4. The fourth-order valence-electron chi connectivity index (χ4n) is 5.41. The minimum absolute atomic E-state index is 0.140. The molecule has 1 aliphatic rings. The number of Topliss-reactive ketones (excluding diaryl/α,β-unsaturated/α-hetero) is 1. The summed E-state index contributed by atoms with van der Waals surface area (Å²) in [7, 11) is 3.11. The van der Waals surface area contributed by atoms with Crippen LogP contribution in [0.1, 0.15) is 85.8 Å². The van der Waals surface area contributed by atoms with Crippen molar-refractivity contribution in [3.63, 3.8) is 0 Å². The molecule has 0 radical (unpaired) electrons. The third-order valence-electron chi connectivity index (χ3n) is 7.91. The molecule has 14 heteroatoms. The average molecular weight is 673 g/mol. The summed E-state index contributed by atoms with van der Waals surface area (Å²) in [6, 6.07) is 4.13. The van der Waals surface area contributed by atoms with Gasteiger partial charge in [0.25, 0.3) is 5.91 Å². The second kappa shape index (κ2) is 17.6. The number of alkyl carbamates (subject to hydrolysis) is 1. The summed E-state index contributed by atoms with van der Waals surface area (Å²) < 4.78 is 5.19. The number of amides is 6. The fourth-order valence-corrected chi connectivity index (χ4v) is 5.41. The van der Waals surface area contributed by atoms with E-state index in [1.807, 2.05) is 0 Å². The van der Waals surface area contributed by atoms with Crippen LogP contribution in [0.2, 0.25) is 0 Å². The summed E-state index contributed by atoms with van der Waals surface area (Å²) >= 11 is 0. The van der Waals surface area contributed by atoms with E-state index in [2.05, 4.69) is 21.3 Å². The third kappa shape index (κ3) is 11.1. The predicted octanol–water partition coefficient (Wildman–Crippen LogP) is 1.83. The Morgan fingerprint density at radius 3 is 2.12 bits per heavy atom. The highest BCUT2D eigenvalue weighted by Gasteiger charge is 2.45. The highest BCUT2D eigenvalue weighted by molar-refractivity contribution is 6.38. The van der Waals surface area contributed by atoms with Gasteiger partial charge in [-0.2, -0.15) is 0 Å². The number of hydrogen-bond acceptors (Lipinski definition) is 8. The lowest BCUT2D eigenvalue weighted by atomic mass is 9.85. The van der Waals surface area contributed by atoms with Crippen LogP contribution in [-0.4, -0.2) is 102 Å². The smallest absolute Gasteiger partial charge is 0.408 e. The maximum atomic E-state index is 13.9. The van der Waals surface area contributed by atoms with Gasteiger partial charge in [-0.3, -0.25) is 28.8 Å². The molecule has 4 N–H and O–H groups in total. The lowest BCUT2D eigenvalue weighted by Gasteiger charge is -2.37. The molecule has 2 rings (SSSR count). The molecule has 48 heavy (non-hydrogen) atoms. The van der Waals surface area contributed by atoms with E-state index < -0.39 is 77.7 Å². The largest absolute Gasteiger partial charge is 0.447 e. The number of ketones is 1. The summed E-state index contributed by atoms with van der Waals surface area (Å²) in [6.07, 6.45) is 0.274. The van der Waals surface area contributed by atoms with Gasteiger partial charge in [0.2, 0.25) is 29.4 Å². The maximum Gasteiger partial charge on any atom is 0.408 e. The van der Waals surface area contributed by atoms with E-state index in [1.54, 1.807) is 92.9 Å². The van der Waals surface area contributed by atoms with Gasteiger partial charge in [0, 0.05) is 20.1 Å². The van der Waals surface area contributed by atoms with Crippen molar-refractivity contribution in [2.45, 2.75) is 110 Å². The molecule has 0 aromatic heterocycles. The van der Waals surface area contributed by atoms with E-state index in [4.69, 9.17) is 4.74 Å². The Labute approximate surface area is 283 Å². The number of likely N-dealkylation sites (tertiary alicyclic amines) is 1. The topological polar surface area (TPSA) is 183 Å². The first kappa shape index (κ1) is 39.7. The van der Waals surface area contributed by atoms with Crippen LogP contribution < -0.4 is 21.3 Å². The zero-order chi connectivity index (χ0) is 36.3. The molecule has 266 valence electrons. The molecule has 6 amide bonds. The van der Waals surface area contributed by atoms with Crippen molar-refractivity contribution < 1.29 is 38.3 Å². The molecule has 14 nitrogen and oxygen atoms in total. The molecular formula is C34H52N6O8. The molecule has 1 fully saturated rings. The second-order valence-corrected chi connectivity index (χ2v) is 13.6. The molecular weight excluding hydrogens is 620 g/mol. The van der Waals surface area contributed by atoms with Gasteiger partial charge in [0.1, 0.15) is 18.1 Å². The van der Waals surface area contributed by atoms with Gasteiger partial charge in [-0.15, -0.1) is 0 Å². The Bertz CT molecular complexity index is 1330. The summed E-state index contributed by atoms with van der Waals surface area (Å²) in [5, 5.41) is 10.2. The highest BCUT2D eigenvalue weighted by atomic mass is 16.6. The van der Waals surface area contributed by atoms with E-state index in [9.17, 15) is 33.6 Å². The standard InChI is InChI=1S/C34H52N6O8/c1-10-14-23(27(42)30(44)35-19-25(41)37-26(31(45)39(8)9)22-15-12-11-13-16-22)36-29(43)24-18-17-21(4)40(24)32(46)28(34(5,6)7)38-33(47)48-20(2)3/h11-13,15-16,20-21,23-24,26,28H,10,14,17-19H2,1-9H3,(H,35,44)(H,36,43)(H,37,41)(H,38,47)/t21?,23?,24-,26-,28+/m0/s1. The number of nitrogens with one attached hydrogen (secondary N) is 4. The van der Waals surface area contributed by atoms with Crippen LogP contribution in [0.3, 0.4) is 0 Å². The van der Waals surface area contributed by atoms with Crippen LogP contribution in [-0.2, 0) is 33.5 Å². The van der Waals surface area contributed by atoms with Crippen molar-refractivity contribution >= 4 is 41.4 Å². The van der Waals surface area contributed by atoms with Crippen molar-refractivity contribution in [2.24, 2.45) is 5.41 Å². The van der Waals surface area contributed by atoms with Crippen LogP contribution in [0.15, 0.2) is 30.3 Å². The first-order valence-electron chi connectivity index (χ1n) is 16.4.